The third-order valence-electron chi connectivity index (χ3n) is 4.94. The highest BCUT2D eigenvalue weighted by molar-refractivity contribution is 7.98. The van der Waals surface area contributed by atoms with Crippen molar-refractivity contribution in [1.82, 2.24) is 10.6 Å². The fraction of sp³-hybridized carbons (Fsp3) is 0.409. The normalized spacial score (nSPS) is 14.8. The molecule has 0 atom stereocenters. The van der Waals surface area contributed by atoms with Crippen LogP contribution in [0.4, 0.5) is 10.1 Å². The maximum absolute atomic E-state index is 14.6. The number of morpholine rings is 1. The van der Waals surface area contributed by atoms with Gasteiger partial charge >= 0.3 is 0 Å². The maximum Gasteiger partial charge on any atom is 0.191 e. The number of benzene rings is 2. The van der Waals surface area contributed by atoms with E-state index < -0.39 is 0 Å². The summed E-state index contributed by atoms with van der Waals surface area (Å²) in [5.41, 5.74) is 4.00. The first-order valence-corrected chi connectivity index (χ1v) is 11.0. The van der Waals surface area contributed by atoms with Crippen molar-refractivity contribution >= 4 is 23.4 Å². The predicted octanol–water partition coefficient (Wildman–Crippen LogP) is 3.56. The van der Waals surface area contributed by atoms with Crippen molar-refractivity contribution in [1.29, 1.82) is 0 Å². The lowest BCUT2D eigenvalue weighted by Gasteiger charge is -2.29. The van der Waals surface area contributed by atoms with Crippen LogP contribution in [0.1, 0.15) is 16.7 Å². The molecule has 5 nitrogen and oxygen atoms in total. The summed E-state index contributed by atoms with van der Waals surface area (Å²) in [6.07, 6.45) is 2.08. The second kappa shape index (κ2) is 10.5. The molecule has 0 radical (unpaired) electrons. The van der Waals surface area contributed by atoms with E-state index in [0.29, 0.717) is 38.0 Å². The third-order valence-corrected chi connectivity index (χ3v) is 5.76. The lowest BCUT2D eigenvalue weighted by Crippen LogP contribution is -2.37. The second-order valence-corrected chi connectivity index (χ2v) is 7.83. The Hall–Kier alpha value is -2.25. The van der Waals surface area contributed by atoms with Gasteiger partial charge < -0.3 is 20.3 Å². The van der Waals surface area contributed by atoms with Crippen molar-refractivity contribution in [2.24, 2.45) is 4.99 Å². The molecule has 156 valence electrons. The van der Waals surface area contributed by atoms with Gasteiger partial charge in [0.25, 0.3) is 0 Å². The van der Waals surface area contributed by atoms with Gasteiger partial charge in [0.2, 0.25) is 0 Å². The number of anilines is 1. The first-order chi connectivity index (χ1) is 14.1. The molecule has 29 heavy (non-hydrogen) atoms. The van der Waals surface area contributed by atoms with Crippen molar-refractivity contribution in [3.05, 3.63) is 58.9 Å². The molecule has 3 rings (SSSR count). The van der Waals surface area contributed by atoms with E-state index in [1.807, 2.05) is 17.0 Å². The van der Waals surface area contributed by atoms with E-state index in [1.165, 1.54) is 16.0 Å². The van der Waals surface area contributed by atoms with Crippen molar-refractivity contribution < 1.29 is 9.13 Å². The molecular weight excluding hydrogens is 387 g/mol. The zero-order valence-electron chi connectivity index (χ0n) is 17.3. The number of nitrogens with zero attached hydrogens (tertiary/aromatic N) is 2. The molecular formula is C22H29FN4OS. The smallest absolute Gasteiger partial charge is 0.191 e. The van der Waals surface area contributed by atoms with Crippen molar-refractivity contribution in [2.75, 3.05) is 44.5 Å². The Morgan fingerprint density at radius 3 is 2.59 bits per heavy atom. The van der Waals surface area contributed by atoms with Crippen LogP contribution in [-0.2, 0) is 17.8 Å². The van der Waals surface area contributed by atoms with Crippen LogP contribution in [0.3, 0.4) is 0 Å². The number of nitrogens with one attached hydrogen (secondary N) is 2. The summed E-state index contributed by atoms with van der Waals surface area (Å²) in [7, 11) is 1.74. The molecule has 0 bridgehead atoms. The molecule has 1 fully saturated rings. The minimum Gasteiger partial charge on any atom is -0.378 e. The van der Waals surface area contributed by atoms with Gasteiger partial charge in [0.15, 0.2) is 5.96 Å². The first kappa shape index (κ1) is 21.5. The molecule has 0 aromatic heterocycles. The summed E-state index contributed by atoms with van der Waals surface area (Å²) < 4.78 is 19.9. The first-order valence-electron chi connectivity index (χ1n) is 9.80. The Morgan fingerprint density at radius 2 is 1.90 bits per heavy atom. The van der Waals surface area contributed by atoms with Crippen LogP contribution in [0.5, 0.6) is 0 Å². The Bertz CT molecular complexity index is 853. The van der Waals surface area contributed by atoms with Crippen molar-refractivity contribution in [3.63, 3.8) is 0 Å². The van der Waals surface area contributed by atoms with Gasteiger partial charge in [-0.05, 0) is 48.1 Å². The van der Waals surface area contributed by atoms with E-state index in [4.69, 9.17) is 4.74 Å². The lowest BCUT2D eigenvalue weighted by atomic mass is 10.1. The molecule has 0 unspecified atom stereocenters. The fourth-order valence-electron chi connectivity index (χ4n) is 3.30. The Morgan fingerprint density at radius 1 is 1.14 bits per heavy atom. The number of aryl methyl sites for hydroxylation is 1. The fourth-order valence-corrected chi connectivity index (χ4v) is 4.01. The second-order valence-electron chi connectivity index (χ2n) is 6.98. The molecule has 1 saturated heterocycles. The summed E-state index contributed by atoms with van der Waals surface area (Å²) in [5.74, 6) is 0.494. The van der Waals surface area contributed by atoms with E-state index in [2.05, 4.69) is 47.0 Å². The van der Waals surface area contributed by atoms with E-state index in [9.17, 15) is 4.39 Å². The average molecular weight is 417 g/mol. The van der Waals surface area contributed by atoms with Crippen LogP contribution in [0.15, 0.2) is 46.3 Å². The van der Waals surface area contributed by atoms with Crippen LogP contribution < -0.4 is 15.5 Å². The van der Waals surface area contributed by atoms with Gasteiger partial charge in [-0.3, -0.25) is 4.99 Å². The summed E-state index contributed by atoms with van der Waals surface area (Å²) in [4.78, 5) is 7.56. The zero-order valence-corrected chi connectivity index (χ0v) is 18.1. The summed E-state index contributed by atoms with van der Waals surface area (Å²) >= 11 is 1.74. The van der Waals surface area contributed by atoms with Crippen molar-refractivity contribution in [3.8, 4) is 0 Å². The standard InChI is InChI=1S/C22H29FN4OS/c1-16-4-6-18(21(12-16)29-3)15-26-22(24-2)25-14-17-5-7-20(19(23)13-17)27-8-10-28-11-9-27/h4-7,12-13H,8-11,14-15H2,1-3H3,(H2,24,25,26). The average Bonchev–Trinajstić information content (AvgIpc) is 2.75. The van der Waals surface area contributed by atoms with Crippen LogP contribution in [0.25, 0.3) is 0 Å². The Kier molecular flexibility index (Phi) is 7.77. The van der Waals surface area contributed by atoms with Crippen LogP contribution >= 0.6 is 11.8 Å². The van der Waals surface area contributed by atoms with E-state index in [1.54, 1.807) is 24.9 Å². The maximum atomic E-state index is 14.6. The number of halogens is 1. The van der Waals surface area contributed by atoms with Gasteiger partial charge in [0.05, 0.1) is 18.9 Å². The molecule has 0 amide bonds. The van der Waals surface area contributed by atoms with Crippen LogP contribution in [0.2, 0.25) is 0 Å². The van der Waals surface area contributed by atoms with Crippen LogP contribution in [-0.4, -0.2) is 45.6 Å². The minimum atomic E-state index is -0.196. The predicted molar refractivity (Wildman–Crippen MR) is 119 cm³/mol. The largest absolute Gasteiger partial charge is 0.378 e. The number of aliphatic imine (C=N–C) groups is 1. The van der Waals surface area contributed by atoms with Crippen LogP contribution in [0, 0.1) is 12.7 Å². The summed E-state index contributed by atoms with van der Waals surface area (Å²) in [5, 5.41) is 6.60. The van der Waals surface area contributed by atoms with E-state index in [0.717, 1.165) is 18.7 Å². The Labute approximate surface area is 176 Å². The number of hydrogen-bond acceptors (Lipinski definition) is 4. The Balaban J connectivity index is 1.56. The molecule has 0 spiro atoms. The number of thioether (sulfide) groups is 1. The highest BCUT2D eigenvalue weighted by Crippen LogP contribution is 2.22. The number of guanidine groups is 1. The van der Waals surface area contributed by atoms with Gasteiger partial charge in [0.1, 0.15) is 5.82 Å². The van der Waals surface area contributed by atoms with Gasteiger partial charge in [-0.15, -0.1) is 11.8 Å². The van der Waals surface area contributed by atoms with Gasteiger partial charge in [-0.1, -0.05) is 18.2 Å². The molecule has 1 heterocycles. The quantitative estimate of drug-likeness (QED) is 0.428. The highest BCUT2D eigenvalue weighted by Gasteiger charge is 2.15. The molecule has 1 aliphatic rings. The van der Waals surface area contributed by atoms with E-state index in [-0.39, 0.29) is 5.82 Å². The third kappa shape index (κ3) is 5.87. The topological polar surface area (TPSA) is 48.9 Å². The highest BCUT2D eigenvalue weighted by atomic mass is 32.2. The molecule has 7 heteroatoms. The lowest BCUT2D eigenvalue weighted by molar-refractivity contribution is 0.122. The minimum absolute atomic E-state index is 0.196. The summed E-state index contributed by atoms with van der Waals surface area (Å²) in [6.45, 7) is 6.02. The molecule has 1 aliphatic heterocycles. The zero-order chi connectivity index (χ0) is 20.6. The monoisotopic (exact) mass is 416 g/mol. The van der Waals surface area contributed by atoms with Gasteiger partial charge in [-0.2, -0.15) is 0 Å². The van der Waals surface area contributed by atoms with Gasteiger partial charge in [-0.25, -0.2) is 4.39 Å². The number of ether oxygens (including phenoxy) is 1. The molecule has 2 aromatic carbocycles. The number of hydrogen-bond donors (Lipinski definition) is 2. The number of rotatable bonds is 6. The molecule has 0 saturated carbocycles. The molecule has 2 N–H and O–H groups in total. The van der Waals surface area contributed by atoms with E-state index >= 15 is 0 Å². The molecule has 2 aromatic rings. The van der Waals surface area contributed by atoms with Gasteiger partial charge in [0, 0.05) is 38.1 Å². The molecule has 0 aliphatic carbocycles. The SMILES string of the molecule is CN=C(NCc1ccc(N2CCOCC2)c(F)c1)NCc1ccc(C)cc1SC. The van der Waals surface area contributed by atoms with Crippen molar-refractivity contribution in [2.45, 2.75) is 24.9 Å². The summed E-state index contributed by atoms with van der Waals surface area (Å²) in [6, 6.07) is 11.9.